The van der Waals surface area contributed by atoms with E-state index in [1.807, 2.05) is 0 Å². The van der Waals surface area contributed by atoms with Crippen LogP contribution >= 0.6 is 0 Å². The topological polar surface area (TPSA) is 0 Å². The highest BCUT2D eigenvalue weighted by atomic mass is 14.6. The summed E-state index contributed by atoms with van der Waals surface area (Å²) in [5, 5.41) is 0. The fraction of sp³-hybridized carbons (Fsp3) is 0.667. The van der Waals surface area contributed by atoms with Crippen LogP contribution in [0.2, 0.25) is 0 Å². The molecule has 1 saturated carbocycles. The summed E-state index contributed by atoms with van der Waals surface area (Å²) in [4.78, 5) is 0. The van der Waals surface area contributed by atoms with Crippen LogP contribution in [0.3, 0.4) is 0 Å². The number of hydrogen-bond donors (Lipinski definition) is 0. The average molecular weight is 160 g/mol. The molecule has 0 nitrogen and oxygen atoms in total. The summed E-state index contributed by atoms with van der Waals surface area (Å²) in [5.41, 5.74) is 1.10. The maximum atomic E-state index is 2.44. The van der Waals surface area contributed by atoms with Gasteiger partial charge in [0.1, 0.15) is 0 Å². The SMILES string of the molecule is C1=CC23C=CC12CCCCCC3. The van der Waals surface area contributed by atoms with Gasteiger partial charge in [-0.05, 0) is 12.8 Å². The van der Waals surface area contributed by atoms with E-state index in [1.165, 1.54) is 38.5 Å². The third kappa shape index (κ3) is 0.608. The van der Waals surface area contributed by atoms with Crippen LogP contribution in [0.5, 0.6) is 0 Å². The van der Waals surface area contributed by atoms with Crippen molar-refractivity contribution in [2.75, 3.05) is 0 Å². The molecule has 0 spiro atoms. The predicted octanol–water partition coefficient (Wildman–Crippen LogP) is 3.45. The van der Waals surface area contributed by atoms with Crippen LogP contribution in [0.25, 0.3) is 0 Å². The minimum atomic E-state index is 0.549. The van der Waals surface area contributed by atoms with Crippen molar-refractivity contribution in [3.63, 3.8) is 0 Å². The molecule has 0 aliphatic heterocycles. The molecule has 0 aromatic heterocycles. The van der Waals surface area contributed by atoms with Crippen molar-refractivity contribution in [1.82, 2.24) is 0 Å². The first-order chi connectivity index (χ1) is 5.87. The summed E-state index contributed by atoms with van der Waals surface area (Å²) in [6, 6.07) is 0. The highest BCUT2D eigenvalue weighted by Gasteiger charge is 2.55. The predicted molar refractivity (Wildman–Crippen MR) is 50.8 cm³/mol. The van der Waals surface area contributed by atoms with Crippen molar-refractivity contribution in [2.24, 2.45) is 10.8 Å². The van der Waals surface area contributed by atoms with E-state index < -0.39 is 0 Å². The molecule has 0 radical (unpaired) electrons. The zero-order valence-corrected chi connectivity index (χ0v) is 7.55. The molecule has 0 heterocycles. The Kier molecular flexibility index (Phi) is 1.18. The van der Waals surface area contributed by atoms with Gasteiger partial charge in [-0.3, -0.25) is 0 Å². The zero-order chi connectivity index (χ0) is 8.07. The second-order valence-corrected chi connectivity index (χ2v) is 4.66. The van der Waals surface area contributed by atoms with Gasteiger partial charge in [-0.2, -0.15) is 0 Å². The second-order valence-electron chi connectivity index (χ2n) is 4.66. The summed E-state index contributed by atoms with van der Waals surface area (Å²) in [6.45, 7) is 0. The van der Waals surface area contributed by atoms with Crippen molar-refractivity contribution >= 4 is 0 Å². The summed E-state index contributed by atoms with van der Waals surface area (Å²) < 4.78 is 0. The molecule has 0 saturated heterocycles. The Morgan fingerprint density at radius 1 is 0.583 bits per heavy atom. The molecule has 0 unspecified atom stereocenters. The maximum Gasteiger partial charge on any atom is 0.0188 e. The molecular weight excluding hydrogens is 144 g/mol. The standard InChI is InChI=1S/C12H16/c1-2-4-6-12-9-7-11(12,5-3-1)8-10-12/h7-10H,1-6H2. The lowest BCUT2D eigenvalue weighted by Gasteiger charge is -2.58. The van der Waals surface area contributed by atoms with E-state index in [0.717, 1.165) is 0 Å². The quantitative estimate of drug-likeness (QED) is 0.476. The Balaban J connectivity index is 1.91. The molecule has 3 aliphatic rings. The van der Waals surface area contributed by atoms with E-state index in [9.17, 15) is 0 Å². The molecule has 0 N–H and O–H groups in total. The van der Waals surface area contributed by atoms with Crippen molar-refractivity contribution in [3.05, 3.63) is 24.3 Å². The largest absolute Gasteiger partial charge is 0.0765 e. The van der Waals surface area contributed by atoms with E-state index in [-0.39, 0.29) is 0 Å². The average Bonchev–Trinajstić information content (AvgIpc) is 2.12. The molecule has 0 amide bonds. The van der Waals surface area contributed by atoms with Crippen LogP contribution in [-0.2, 0) is 0 Å². The number of hydrogen-bond acceptors (Lipinski definition) is 0. The van der Waals surface area contributed by atoms with Gasteiger partial charge in [-0.25, -0.2) is 0 Å². The second kappa shape index (κ2) is 2.04. The minimum Gasteiger partial charge on any atom is -0.0765 e. The Bertz CT molecular complexity index is 217. The molecule has 0 bridgehead atoms. The normalized spacial score (nSPS) is 49.3. The van der Waals surface area contributed by atoms with Gasteiger partial charge in [-0.1, -0.05) is 50.0 Å². The fourth-order valence-corrected chi connectivity index (χ4v) is 3.12. The third-order valence-electron chi connectivity index (χ3n) is 4.15. The van der Waals surface area contributed by atoms with Gasteiger partial charge in [0.2, 0.25) is 0 Å². The van der Waals surface area contributed by atoms with Gasteiger partial charge < -0.3 is 0 Å². The molecule has 0 heteroatoms. The van der Waals surface area contributed by atoms with Crippen LogP contribution in [0.4, 0.5) is 0 Å². The molecule has 3 aliphatic carbocycles. The van der Waals surface area contributed by atoms with Gasteiger partial charge in [0, 0.05) is 10.8 Å². The minimum absolute atomic E-state index is 0.549. The third-order valence-corrected chi connectivity index (χ3v) is 4.15. The first-order valence-electron chi connectivity index (χ1n) is 5.28. The summed E-state index contributed by atoms with van der Waals surface area (Å²) >= 11 is 0. The smallest absolute Gasteiger partial charge is 0.0188 e. The number of allylic oxidation sites excluding steroid dienone is 4. The lowest BCUT2D eigenvalue weighted by Crippen LogP contribution is -2.49. The van der Waals surface area contributed by atoms with Crippen LogP contribution in [0.1, 0.15) is 38.5 Å². The Morgan fingerprint density at radius 3 is 1.33 bits per heavy atom. The van der Waals surface area contributed by atoms with E-state index in [1.54, 1.807) is 0 Å². The van der Waals surface area contributed by atoms with Crippen LogP contribution in [0, 0.1) is 10.8 Å². The summed E-state index contributed by atoms with van der Waals surface area (Å²) in [7, 11) is 0. The molecule has 12 heavy (non-hydrogen) atoms. The first kappa shape index (κ1) is 6.94. The van der Waals surface area contributed by atoms with E-state index >= 15 is 0 Å². The van der Waals surface area contributed by atoms with Crippen molar-refractivity contribution < 1.29 is 0 Å². The molecule has 0 atom stereocenters. The van der Waals surface area contributed by atoms with Crippen molar-refractivity contribution in [2.45, 2.75) is 38.5 Å². The molecular formula is C12H16. The van der Waals surface area contributed by atoms with Crippen molar-refractivity contribution in [3.8, 4) is 0 Å². The van der Waals surface area contributed by atoms with Gasteiger partial charge >= 0.3 is 0 Å². The lowest BCUT2D eigenvalue weighted by molar-refractivity contribution is 0.125. The van der Waals surface area contributed by atoms with Crippen LogP contribution < -0.4 is 0 Å². The Hall–Kier alpha value is -0.520. The van der Waals surface area contributed by atoms with Gasteiger partial charge in [0.25, 0.3) is 0 Å². The van der Waals surface area contributed by atoms with E-state index in [0.29, 0.717) is 10.8 Å². The highest BCUT2D eigenvalue weighted by Crippen LogP contribution is 2.65. The molecule has 1 fully saturated rings. The van der Waals surface area contributed by atoms with E-state index in [4.69, 9.17) is 0 Å². The molecule has 3 rings (SSSR count). The van der Waals surface area contributed by atoms with Gasteiger partial charge in [0.15, 0.2) is 0 Å². The number of rotatable bonds is 0. The first-order valence-corrected chi connectivity index (χ1v) is 5.28. The monoisotopic (exact) mass is 160 g/mol. The fourth-order valence-electron chi connectivity index (χ4n) is 3.12. The zero-order valence-electron chi connectivity index (χ0n) is 7.55. The van der Waals surface area contributed by atoms with Gasteiger partial charge in [0.05, 0.1) is 0 Å². The summed E-state index contributed by atoms with van der Waals surface area (Å²) in [6.07, 6.45) is 18.4. The van der Waals surface area contributed by atoms with E-state index in [2.05, 4.69) is 24.3 Å². The van der Waals surface area contributed by atoms with Crippen LogP contribution in [0.15, 0.2) is 24.3 Å². The van der Waals surface area contributed by atoms with Crippen molar-refractivity contribution in [1.29, 1.82) is 0 Å². The van der Waals surface area contributed by atoms with Crippen LogP contribution in [-0.4, -0.2) is 0 Å². The highest BCUT2D eigenvalue weighted by molar-refractivity contribution is 5.46. The molecule has 0 aromatic carbocycles. The Morgan fingerprint density at radius 2 is 1.00 bits per heavy atom. The lowest BCUT2D eigenvalue weighted by atomic mass is 9.45. The molecule has 64 valence electrons. The summed E-state index contributed by atoms with van der Waals surface area (Å²) in [5.74, 6) is 0. The Labute approximate surface area is 74.4 Å². The molecule has 0 aromatic rings. The maximum absolute atomic E-state index is 2.44. The van der Waals surface area contributed by atoms with Gasteiger partial charge in [-0.15, -0.1) is 0 Å².